The largest absolute Gasteiger partial charge is 0.224 e. The van der Waals surface area contributed by atoms with Crippen LogP contribution in [0.25, 0.3) is 0 Å². The Hall–Kier alpha value is -0.920. The van der Waals surface area contributed by atoms with Crippen LogP contribution in [-0.4, -0.2) is 4.98 Å². The van der Waals surface area contributed by atoms with Crippen molar-refractivity contribution in [3.05, 3.63) is 29.3 Å². The summed E-state index contributed by atoms with van der Waals surface area (Å²) in [6.07, 6.45) is 0. The molecule has 2 heteroatoms. The van der Waals surface area contributed by atoms with Gasteiger partial charge in [-0.05, 0) is 17.9 Å². The number of hydrogen-bond donors (Lipinski definition) is 0. The molecular formula is C11H16FN. The fraction of sp³-hybridized carbons (Fsp3) is 0.545. The molecule has 0 saturated carbocycles. The molecule has 0 amide bonds. The molecule has 1 nitrogen and oxygen atoms in total. The lowest BCUT2D eigenvalue weighted by Gasteiger charge is -2.09. The van der Waals surface area contributed by atoms with Crippen molar-refractivity contribution in [3.63, 3.8) is 0 Å². The lowest BCUT2D eigenvalue weighted by molar-refractivity contribution is 0.546. The number of rotatable bonds is 2. The third-order valence-electron chi connectivity index (χ3n) is 2.11. The molecule has 1 aromatic heterocycles. The minimum absolute atomic E-state index is 0.203. The molecule has 0 spiro atoms. The van der Waals surface area contributed by atoms with Gasteiger partial charge in [0.2, 0.25) is 5.95 Å². The highest BCUT2D eigenvalue weighted by molar-refractivity contribution is 5.20. The molecule has 0 radical (unpaired) electrons. The van der Waals surface area contributed by atoms with Gasteiger partial charge in [0.15, 0.2) is 0 Å². The molecule has 72 valence electrons. The summed E-state index contributed by atoms with van der Waals surface area (Å²) in [7, 11) is 0. The van der Waals surface area contributed by atoms with Crippen LogP contribution in [0.5, 0.6) is 0 Å². The van der Waals surface area contributed by atoms with Crippen LogP contribution < -0.4 is 0 Å². The molecule has 0 atom stereocenters. The summed E-state index contributed by atoms with van der Waals surface area (Å²) in [5, 5.41) is 0. The van der Waals surface area contributed by atoms with E-state index in [2.05, 4.69) is 4.98 Å². The molecule has 0 saturated heterocycles. The van der Waals surface area contributed by atoms with Crippen molar-refractivity contribution >= 4 is 0 Å². The van der Waals surface area contributed by atoms with Gasteiger partial charge in [0.25, 0.3) is 0 Å². The maximum atomic E-state index is 13.4. The molecule has 1 heterocycles. The van der Waals surface area contributed by atoms with Gasteiger partial charge in [-0.15, -0.1) is 0 Å². The third kappa shape index (κ3) is 2.27. The Labute approximate surface area is 79.0 Å². The van der Waals surface area contributed by atoms with E-state index in [1.807, 2.05) is 39.8 Å². The zero-order chi connectivity index (χ0) is 10.0. The summed E-state index contributed by atoms with van der Waals surface area (Å²) in [5.74, 6) is 0.172. The number of nitrogens with zero attached hydrogens (tertiary/aromatic N) is 1. The maximum Gasteiger partial charge on any atom is 0.216 e. The van der Waals surface area contributed by atoms with Crippen LogP contribution in [0.1, 0.15) is 50.8 Å². The van der Waals surface area contributed by atoms with Crippen molar-refractivity contribution < 1.29 is 4.39 Å². The fourth-order valence-electron chi connectivity index (χ4n) is 1.21. The van der Waals surface area contributed by atoms with Crippen molar-refractivity contribution in [2.24, 2.45) is 0 Å². The van der Waals surface area contributed by atoms with Crippen LogP contribution in [0.15, 0.2) is 12.1 Å². The monoisotopic (exact) mass is 181 g/mol. The predicted molar refractivity (Wildman–Crippen MR) is 52.4 cm³/mol. The van der Waals surface area contributed by atoms with Crippen LogP contribution in [0.2, 0.25) is 0 Å². The summed E-state index contributed by atoms with van der Waals surface area (Å²) in [6, 6.07) is 3.74. The van der Waals surface area contributed by atoms with E-state index in [0.29, 0.717) is 5.56 Å². The number of pyridine rings is 1. The Morgan fingerprint density at radius 2 is 1.69 bits per heavy atom. The SMILES string of the molecule is CC(C)c1ccc(C(C)C)c(F)n1. The number of aromatic nitrogens is 1. The Kier molecular flexibility index (Phi) is 3.02. The van der Waals surface area contributed by atoms with Gasteiger partial charge < -0.3 is 0 Å². The summed E-state index contributed by atoms with van der Waals surface area (Å²) in [4.78, 5) is 3.93. The molecule has 1 aromatic rings. The molecule has 0 fully saturated rings. The van der Waals surface area contributed by atoms with Crippen LogP contribution in [0.4, 0.5) is 4.39 Å². The average Bonchev–Trinajstić information content (AvgIpc) is 2.03. The van der Waals surface area contributed by atoms with Crippen LogP contribution in [0.3, 0.4) is 0 Å². The third-order valence-corrected chi connectivity index (χ3v) is 2.11. The van der Waals surface area contributed by atoms with E-state index in [-0.39, 0.29) is 17.8 Å². The highest BCUT2D eigenvalue weighted by Gasteiger charge is 2.09. The first-order valence-electron chi connectivity index (χ1n) is 4.68. The summed E-state index contributed by atoms with van der Waals surface area (Å²) >= 11 is 0. The first-order valence-corrected chi connectivity index (χ1v) is 4.68. The van der Waals surface area contributed by atoms with E-state index in [1.165, 1.54) is 0 Å². The highest BCUT2D eigenvalue weighted by Crippen LogP contribution is 2.19. The topological polar surface area (TPSA) is 12.9 Å². The molecule has 0 bridgehead atoms. The van der Waals surface area contributed by atoms with E-state index in [9.17, 15) is 4.39 Å². The van der Waals surface area contributed by atoms with Crippen LogP contribution >= 0.6 is 0 Å². The molecule has 0 aromatic carbocycles. The van der Waals surface area contributed by atoms with Gasteiger partial charge in [0.05, 0.1) is 0 Å². The van der Waals surface area contributed by atoms with Crippen molar-refractivity contribution in [2.75, 3.05) is 0 Å². The molecule has 0 aliphatic heterocycles. The van der Waals surface area contributed by atoms with E-state index >= 15 is 0 Å². The molecule has 0 aliphatic carbocycles. The zero-order valence-electron chi connectivity index (χ0n) is 8.63. The molecule has 0 unspecified atom stereocenters. The number of halogens is 1. The first kappa shape index (κ1) is 10.2. The molecule has 0 aliphatic rings. The second-order valence-electron chi connectivity index (χ2n) is 3.93. The van der Waals surface area contributed by atoms with Gasteiger partial charge in [-0.1, -0.05) is 33.8 Å². The van der Waals surface area contributed by atoms with Crippen molar-refractivity contribution in [3.8, 4) is 0 Å². The quantitative estimate of drug-likeness (QED) is 0.637. The minimum Gasteiger partial charge on any atom is -0.224 e. The van der Waals surface area contributed by atoms with Crippen LogP contribution in [0, 0.1) is 5.95 Å². The summed E-state index contributed by atoms with van der Waals surface area (Å²) in [5.41, 5.74) is 1.52. The van der Waals surface area contributed by atoms with Gasteiger partial charge in [0.1, 0.15) is 0 Å². The van der Waals surface area contributed by atoms with E-state index in [0.717, 1.165) is 5.69 Å². The molecule has 13 heavy (non-hydrogen) atoms. The van der Waals surface area contributed by atoms with Gasteiger partial charge in [-0.2, -0.15) is 4.39 Å². The standard InChI is InChI=1S/C11H16FN/c1-7(2)9-5-6-10(8(3)4)13-11(9)12/h5-8H,1-4H3. The molecule has 1 rings (SSSR count). The lowest BCUT2D eigenvalue weighted by Crippen LogP contribution is -2.01. The second-order valence-corrected chi connectivity index (χ2v) is 3.93. The normalized spacial score (nSPS) is 11.3. The Morgan fingerprint density at radius 1 is 1.08 bits per heavy atom. The summed E-state index contributed by atoms with van der Waals surface area (Å²) in [6.45, 7) is 7.96. The first-order chi connectivity index (χ1) is 6.02. The summed E-state index contributed by atoms with van der Waals surface area (Å²) < 4.78 is 13.4. The Bertz CT molecular complexity index is 292. The second kappa shape index (κ2) is 3.86. The minimum atomic E-state index is -0.318. The van der Waals surface area contributed by atoms with E-state index in [1.54, 1.807) is 0 Å². The maximum absolute atomic E-state index is 13.4. The predicted octanol–water partition coefficient (Wildman–Crippen LogP) is 3.47. The molecule has 0 N–H and O–H groups in total. The van der Waals surface area contributed by atoms with Gasteiger partial charge >= 0.3 is 0 Å². The zero-order valence-corrected chi connectivity index (χ0v) is 8.63. The van der Waals surface area contributed by atoms with Crippen molar-refractivity contribution in [2.45, 2.75) is 39.5 Å². The fourth-order valence-corrected chi connectivity index (χ4v) is 1.21. The van der Waals surface area contributed by atoms with Crippen LogP contribution in [-0.2, 0) is 0 Å². The van der Waals surface area contributed by atoms with Crippen molar-refractivity contribution in [1.82, 2.24) is 4.98 Å². The molecular weight excluding hydrogens is 165 g/mol. The van der Waals surface area contributed by atoms with Crippen molar-refractivity contribution in [1.29, 1.82) is 0 Å². The van der Waals surface area contributed by atoms with Gasteiger partial charge in [-0.3, -0.25) is 0 Å². The lowest BCUT2D eigenvalue weighted by atomic mass is 10.0. The highest BCUT2D eigenvalue weighted by atomic mass is 19.1. The van der Waals surface area contributed by atoms with Gasteiger partial charge in [-0.25, -0.2) is 4.98 Å². The smallest absolute Gasteiger partial charge is 0.216 e. The average molecular weight is 181 g/mol. The Morgan fingerprint density at radius 3 is 2.08 bits per heavy atom. The number of hydrogen-bond acceptors (Lipinski definition) is 1. The van der Waals surface area contributed by atoms with E-state index in [4.69, 9.17) is 0 Å². The van der Waals surface area contributed by atoms with E-state index < -0.39 is 0 Å². The van der Waals surface area contributed by atoms with Gasteiger partial charge in [0, 0.05) is 11.3 Å². The Balaban J connectivity index is 3.06.